The maximum absolute atomic E-state index is 6.17. The summed E-state index contributed by atoms with van der Waals surface area (Å²) in [6.07, 6.45) is 9.53. The van der Waals surface area contributed by atoms with Gasteiger partial charge >= 0.3 is 0 Å². The average Bonchev–Trinajstić information content (AvgIpc) is 2.29. The van der Waals surface area contributed by atoms with E-state index in [4.69, 9.17) is 4.74 Å². The number of morpholine rings is 1. The Hall–Kier alpha value is -0.0800. The van der Waals surface area contributed by atoms with Crippen LogP contribution in [-0.2, 0) is 4.74 Å². The molecule has 0 spiro atoms. The van der Waals surface area contributed by atoms with Crippen molar-refractivity contribution in [1.29, 1.82) is 0 Å². The van der Waals surface area contributed by atoms with Gasteiger partial charge in [-0.1, -0.05) is 46.0 Å². The molecule has 2 atom stereocenters. The van der Waals surface area contributed by atoms with E-state index in [1.54, 1.807) is 0 Å². The number of nitrogens with one attached hydrogen (secondary N) is 1. The number of ether oxygens (including phenoxy) is 1. The first-order chi connectivity index (χ1) is 7.70. The minimum atomic E-state index is 0.0884. The van der Waals surface area contributed by atoms with Gasteiger partial charge in [0.25, 0.3) is 0 Å². The molecular weight excluding hydrogens is 198 g/mol. The van der Waals surface area contributed by atoms with Gasteiger partial charge in [-0.3, -0.25) is 0 Å². The zero-order valence-electron chi connectivity index (χ0n) is 11.3. The Morgan fingerprint density at radius 2 is 1.94 bits per heavy atom. The van der Waals surface area contributed by atoms with Crippen LogP contribution in [0.2, 0.25) is 0 Å². The van der Waals surface area contributed by atoms with Gasteiger partial charge in [0.05, 0.1) is 11.7 Å². The van der Waals surface area contributed by atoms with Gasteiger partial charge in [-0.05, 0) is 19.8 Å². The van der Waals surface area contributed by atoms with Crippen LogP contribution in [0.3, 0.4) is 0 Å². The molecule has 96 valence electrons. The summed E-state index contributed by atoms with van der Waals surface area (Å²) in [6.45, 7) is 8.79. The average molecular weight is 227 g/mol. The van der Waals surface area contributed by atoms with Crippen molar-refractivity contribution < 1.29 is 4.74 Å². The Bertz CT molecular complexity index is 184. The van der Waals surface area contributed by atoms with Crippen LogP contribution in [0.4, 0.5) is 0 Å². The molecular formula is C14H29NO. The maximum atomic E-state index is 6.17. The molecule has 2 unspecified atom stereocenters. The van der Waals surface area contributed by atoms with Crippen LogP contribution in [0.1, 0.15) is 65.7 Å². The minimum absolute atomic E-state index is 0.0884. The van der Waals surface area contributed by atoms with Crippen LogP contribution in [0.25, 0.3) is 0 Å². The lowest BCUT2D eigenvalue weighted by Crippen LogP contribution is -2.51. The summed E-state index contributed by atoms with van der Waals surface area (Å²) in [5, 5.41) is 3.50. The smallest absolute Gasteiger partial charge is 0.0782 e. The van der Waals surface area contributed by atoms with E-state index in [9.17, 15) is 0 Å². The fourth-order valence-corrected chi connectivity index (χ4v) is 2.46. The second kappa shape index (κ2) is 7.29. The fourth-order valence-electron chi connectivity index (χ4n) is 2.46. The number of hydrogen-bond donors (Lipinski definition) is 1. The summed E-state index contributed by atoms with van der Waals surface area (Å²) < 4.78 is 6.17. The maximum Gasteiger partial charge on any atom is 0.0782 e. The van der Waals surface area contributed by atoms with Crippen molar-refractivity contribution in [2.45, 2.75) is 77.4 Å². The van der Waals surface area contributed by atoms with Crippen molar-refractivity contribution in [2.75, 3.05) is 13.1 Å². The molecule has 1 N–H and O–H groups in total. The molecule has 0 saturated carbocycles. The third-order valence-corrected chi connectivity index (χ3v) is 3.59. The Kier molecular flexibility index (Phi) is 6.37. The molecule has 1 saturated heterocycles. The topological polar surface area (TPSA) is 21.3 Å². The molecule has 2 nitrogen and oxygen atoms in total. The van der Waals surface area contributed by atoms with E-state index in [2.05, 4.69) is 26.1 Å². The van der Waals surface area contributed by atoms with Crippen molar-refractivity contribution in [2.24, 2.45) is 0 Å². The van der Waals surface area contributed by atoms with Crippen LogP contribution < -0.4 is 5.32 Å². The van der Waals surface area contributed by atoms with Gasteiger partial charge in [-0.15, -0.1) is 0 Å². The first kappa shape index (κ1) is 14.0. The molecule has 0 bridgehead atoms. The van der Waals surface area contributed by atoms with E-state index in [-0.39, 0.29) is 5.60 Å². The van der Waals surface area contributed by atoms with Crippen molar-refractivity contribution in [3.05, 3.63) is 0 Å². The normalized spacial score (nSPS) is 30.6. The zero-order chi connectivity index (χ0) is 11.9. The molecule has 0 aromatic rings. The summed E-state index contributed by atoms with van der Waals surface area (Å²) in [7, 11) is 0. The number of unbranched alkanes of at least 4 members (excludes halogenated alkanes) is 4. The molecule has 1 rings (SSSR count). The zero-order valence-corrected chi connectivity index (χ0v) is 11.3. The second-order valence-electron chi connectivity index (χ2n) is 5.39. The van der Waals surface area contributed by atoms with Gasteiger partial charge in [0.2, 0.25) is 0 Å². The van der Waals surface area contributed by atoms with Crippen molar-refractivity contribution in [3.63, 3.8) is 0 Å². The van der Waals surface area contributed by atoms with Gasteiger partial charge in [0.1, 0.15) is 0 Å². The summed E-state index contributed by atoms with van der Waals surface area (Å²) in [6, 6.07) is 0. The minimum Gasteiger partial charge on any atom is -0.369 e. The molecule has 0 amide bonds. The third kappa shape index (κ3) is 4.84. The summed E-state index contributed by atoms with van der Waals surface area (Å²) in [5.41, 5.74) is 0.0884. The van der Waals surface area contributed by atoms with Gasteiger partial charge in [-0.2, -0.15) is 0 Å². The summed E-state index contributed by atoms with van der Waals surface area (Å²) >= 11 is 0. The molecule has 2 heteroatoms. The Balaban J connectivity index is 2.17. The van der Waals surface area contributed by atoms with Crippen LogP contribution in [0.5, 0.6) is 0 Å². The highest BCUT2D eigenvalue weighted by Crippen LogP contribution is 2.24. The van der Waals surface area contributed by atoms with Gasteiger partial charge in [-0.25, -0.2) is 0 Å². The second-order valence-corrected chi connectivity index (χ2v) is 5.39. The van der Waals surface area contributed by atoms with Crippen LogP contribution >= 0.6 is 0 Å². The highest BCUT2D eigenvalue weighted by atomic mass is 16.5. The van der Waals surface area contributed by atoms with Crippen LogP contribution in [-0.4, -0.2) is 24.8 Å². The first-order valence-electron chi connectivity index (χ1n) is 7.08. The van der Waals surface area contributed by atoms with E-state index in [1.807, 2.05) is 0 Å². The van der Waals surface area contributed by atoms with Crippen LogP contribution in [0.15, 0.2) is 0 Å². The highest BCUT2D eigenvalue weighted by molar-refractivity contribution is 4.84. The van der Waals surface area contributed by atoms with E-state index in [0.717, 1.165) is 19.5 Å². The monoisotopic (exact) mass is 227 g/mol. The highest BCUT2D eigenvalue weighted by Gasteiger charge is 2.31. The summed E-state index contributed by atoms with van der Waals surface area (Å²) in [5.74, 6) is 0. The molecule has 0 radical (unpaired) electrons. The van der Waals surface area contributed by atoms with Crippen LogP contribution in [0, 0.1) is 0 Å². The first-order valence-corrected chi connectivity index (χ1v) is 7.08. The van der Waals surface area contributed by atoms with E-state index in [1.165, 1.54) is 38.5 Å². The standard InChI is InChI=1S/C14H29NO/c1-4-6-7-8-9-10-14(3)12-15-11-13(5-2)16-14/h13,15H,4-12H2,1-3H3. The lowest BCUT2D eigenvalue weighted by atomic mass is 9.95. The Labute approximate surface area is 101 Å². The third-order valence-electron chi connectivity index (χ3n) is 3.59. The van der Waals surface area contributed by atoms with E-state index < -0.39 is 0 Å². The van der Waals surface area contributed by atoms with Gasteiger partial charge in [0.15, 0.2) is 0 Å². The quantitative estimate of drug-likeness (QED) is 0.672. The molecule has 0 aliphatic carbocycles. The SMILES string of the molecule is CCCCCCCC1(C)CNCC(CC)O1. The van der Waals surface area contributed by atoms with Crippen molar-refractivity contribution >= 4 is 0 Å². The Morgan fingerprint density at radius 1 is 1.19 bits per heavy atom. The lowest BCUT2D eigenvalue weighted by molar-refractivity contribution is -0.111. The molecule has 0 aromatic heterocycles. The molecule has 16 heavy (non-hydrogen) atoms. The predicted molar refractivity (Wildman–Crippen MR) is 69.8 cm³/mol. The van der Waals surface area contributed by atoms with E-state index >= 15 is 0 Å². The number of rotatable bonds is 7. The lowest BCUT2D eigenvalue weighted by Gasteiger charge is -2.39. The molecule has 1 fully saturated rings. The predicted octanol–water partition coefficient (Wildman–Crippen LogP) is 3.50. The van der Waals surface area contributed by atoms with Gasteiger partial charge in [0, 0.05) is 13.1 Å². The molecule has 0 aromatic carbocycles. The van der Waals surface area contributed by atoms with Crippen molar-refractivity contribution in [3.8, 4) is 0 Å². The molecule has 1 heterocycles. The van der Waals surface area contributed by atoms with Crippen molar-refractivity contribution in [1.82, 2.24) is 5.32 Å². The molecule has 1 aliphatic heterocycles. The summed E-state index contributed by atoms with van der Waals surface area (Å²) in [4.78, 5) is 0. The molecule has 1 aliphatic rings. The fraction of sp³-hybridized carbons (Fsp3) is 1.00. The largest absolute Gasteiger partial charge is 0.369 e. The van der Waals surface area contributed by atoms with E-state index in [0.29, 0.717) is 6.10 Å². The van der Waals surface area contributed by atoms with Gasteiger partial charge < -0.3 is 10.1 Å². The number of hydrogen-bond acceptors (Lipinski definition) is 2. The Morgan fingerprint density at radius 3 is 2.62 bits per heavy atom.